The largest absolute Gasteiger partial charge is 0.493 e. The molecule has 5 heteroatoms. The zero-order chi connectivity index (χ0) is 17.4. The fraction of sp³-hybridized carbons (Fsp3) is 0.632. The number of amides is 1. The fourth-order valence-corrected chi connectivity index (χ4v) is 3.27. The molecule has 0 aromatic heterocycles. The monoisotopic (exact) mass is 335 g/mol. The molecule has 0 saturated carbocycles. The number of hydrogen-bond donors (Lipinski definition) is 0. The molecule has 1 aromatic carbocycles. The number of ether oxygens (including phenoxy) is 3. The first-order chi connectivity index (χ1) is 11.7. The molecule has 1 aromatic rings. The molecule has 1 amide bonds. The molecule has 1 fully saturated rings. The van der Waals surface area contributed by atoms with Crippen LogP contribution in [0.1, 0.15) is 38.2 Å². The van der Waals surface area contributed by atoms with Crippen LogP contribution < -0.4 is 9.47 Å². The summed E-state index contributed by atoms with van der Waals surface area (Å²) in [5.41, 5.74) is 1.20. The van der Waals surface area contributed by atoms with E-state index in [0.717, 1.165) is 43.7 Å². The molecule has 24 heavy (non-hydrogen) atoms. The molecule has 0 N–H and O–H groups in total. The van der Waals surface area contributed by atoms with Crippen LogP contribution in [0.25, 0.3) is 0 Å². The molecule has 1 unspecified atom stereocenters. The summed E-state index contributed by atoms with van der Waals surface area (Å²) in [4.78, 5) is 14.3. The predicted octanol–water partition coefficient (Wildman–Crippen LogP) is 3.05. The van der Waals surface area contributed by atoms with E-state index in [0.29, 0.717) is 12.6 Å². The summed E-state index contributed by atoms with van der Waals surface area (Å²) in [6.07, 6.45) is 5.24. The van der Waals surface area contributed by atoms with Gasteiger partial charge in [-0.2, -0.15) is 0 Å². The summed E-state index contributed by atoms with van der Waals surface area (Å²) in [7, 11) is 3.29. The average molecular weight is 335 g/mol. The van der Waals surface area contributed by atoms with E-state index in [1.54, 1.807) is 14.2 Å². The summed E-state index contributed by atoms with van der Waals surface area (Å²) in [5, 5.41) is 0. The molecule has 2 rings (SSSR count). The van der Waals surface area contributed by atoms with Crippen molar-refractivity contribution in [3.8, 4) is 11.5 Å². The van der Waals surface area contributed by atoms with Gasteiger partial charge < -0.3 is 19.1 Å². The topological polar surface area (TPSA) is 48.0 Å². The lowest BCUT2D eigenvalue weighted by Gasteiger charge is -2.36. The molecule has 0 radical (unpaired) electrons. The summed E-state index contributed by atoms with van der Waals surface area (Å²) in [6, 6.07) is 6.33. The normalized spacial score (nSPS) is 17.6. The van der Waals surface area contributed by atoms with Gasteiger partial charge in [-0.25, -0.2) is 0 Å². The maximum atomic E-state index is 12.3. The predicted molar refractivity (Wildman–Crippen MR) is 93.7 cm³/mol. The van der Waals surface area contributed by atoms with Crippen LogP contribution in [0.5, 0.6) is 11.5 Å². The molecule has 5 nitrogen and oxygen atoms in total. The third kappa shape index (κ3) is 4.87. The van der Waals surface area contributed by atoms with Crippen LogP contribution in [0.15, 0.2) is 18.2 Å². The van der Waals surface area contributed by atoms with Crippen LogP contribution >= 0.6 is 0 Å². The van der Waals surface area contributed by atoms with Gasteiger partial charge in [-0.1, -0.05) is 6.07 Å². The molecule has 0 bridgehead atoms. The molecule has 1 atom stereocenters. The molecule has 1 saturated heterocycles. The van der Waals surface area contributed by atoms with E-state index < -0.39 is 0 Å². The van der Waals surface area contributed by atoms with Gasteiger partial charge >= 0.3 is 0 Å². The van der Waals surface area contributed by atoms with Gasteiger partial charge in [0.1, 0.15) is 6.61 Å². The highest BCUT2D eigenvalue weighted by Crippen LogP contribution is 2.29. The van der Waals surface area contributed by atoms with Crippen molar-refractivity contribution in [1.29, 1.82) is 0 Å². The summed E-state index contributed by atoms with van der Waals surface area (Å²) in [6.45, 7) is 3.54. The Kier molecular flexibility index (Phi) is 7.37. The van der Waals surface area contributed by atoms with Crippen LogP contribution in [-0.4, -0.2) is 50.8 Å². The van der Waals surface area contributed by atoms with E-state index in [1.807, 2.05) is 24.0 Å². The van der Waals surface area contributed by atoms with Gasteiger partial charge in [-0.3, -0.25) is 4.79 Å². The number of nitrogens with zero attached hydrogens (tertiary/aromatic N) is 1. The molecule has 0 spiro atoms. The summed E-state index contributed by atoms with van der Waals surface area (Å²) >= 11 is 0. The lowest BCUT2D eigenvalue weighted by molar-refractivity contribution is -0.139. The molecular weight excluding hydrogens is 306 g/mol. The first-order valence-corrected chi connectivity index (χ1v) is 8.77. The number of methoxy groups -OCH3 is 2. The van der Waals surface area contributed by atoms with E-state index in [-0.39, 0.29) is 12.5 Å². The van der Waals surface area contributed by atoms with Gasteiger partial charge in [0.25, 0.3) is 0 Å². The molecule has 1 aliphatic heterocycles. The van der Waals surface area contributed by atoms with E-state index in [2.05, 4.69) is 6.07 Å². The average Bonchev–Trinajstić information content (AvgIpc) is 2.64. The Bertz CT molecular complexity index is 532. The van der Waals surface area contributed by atoms with Crippen LogP contribution in [0, 0.1) is 0 Å². The minimum atomic E-state index is 0.119. The van der Waals surface area contributed by atoms with Gasteiger partial charge in [0.15, 0.2) is 11.5 Å². The highest BCUT2D eigenvalue weighted by atomic mass is 16.5. The van der Waals surface area contributed by atoms with Crippen molar-refractivity contribution in [3.05, 3.63) is 23.8 Å². The second-order valence-corrected chi connectivity index (χ2v) is 6.10. The first-order valence-electron chi connectivity index (χ1n) is 8.77. The minimum absolute atomic E-state index is 0.119. The maximum absolute atomic E-state index is 12.3. The molecule has 1 heterocycles. The van der Waals surface area contributed by atoms with Gasteiger partial charge in [0.2, 0.25) is 5.91 Å². The highest BCUT2D eigenvalue weighted by Gasteiger charge is 2.26. The Labute approximate surface area is 144 Å². The van der Waals surface area contributed by atoms with Gasteiger partial charge in [-0.15, -0.1) is 0 Å². The van der Waals surface area contributed by atoms with E-state index in [9.17, 15) is 4.79 Å². The Morgan fingerprint density at radius 2 is 2.00 bits per heavy atom. The number of hydrogen-bond acceptors (Lipinski definition) is 4. The third-order valence-corrected chi connectivity index (χ3v) is 4.59. The zero-order valence-corrected chi connectivity index (χ0v) is 15.0. The number of benzene rings is 1. The lowest BCUT2D eigenvalue weighted by Crippen LogP contribution is -2.45. The number of carbonyl (C=O) groups excluding carboxylic acids is 1. The van der Waals surface area contributed by atoms with Crippen molar-refractivity contribution in [2.45, 2.75) is 45.1 Å². The Hall–Kier alpha value is -1.75. The van der Waals surface area contributed by atoms with Crippen LogP contribution in [0.4, 0.5) is 0 Å². The van der Waals surface area contributed by atoms with Crippen molar-refractivity contribution >= 4 is 5.91 Å². The van der Waals surface area contributed by atoms with Crippen molar-refractivity contribution in [2.24, 2.45) is 0 Å². The Morgan fingerprint density at radius 1 is 1.21 bits per heavy atom. The molecule has 1 aliphatic rings. The quantitative estimate of drug-likeness (QED) is 0.732. The second kappa shape index (κ2) is 9.52. The summed E-state index contributed by atoms with van der Waals surface area (Å²) < 4.78 is 15.9. The van der Waals surface area contributed by atoms with Gasteiger partial charge in [-0.05, 0) is 56.7 Å². The highest BCUT2D eigenvalue weighted by molar-refractivity contribution is 5.77. The van der Waals surface area contributed by atoms with Crippen LogP contribution in [0.2, 0.25) is 0 Å². The number of rotatable bonds is 8. The Balaban J connectivity index is 1.96. The molecule has 134 valence electrons. The van der Waals surface area contributed by atoms with E-state index >= 15 is 0 Å². The van der Waals surface area contributed by atoms with Crippen LogP contribution in [-0.2, 0) is 16.0 Å². The van der Waals surface area contributed by atoms with Gasteiger partial charge in [0.05, 0.1) is 14.2 Å². The smallest absolute Gasteiger partial charge is 0.248 e. The zero-order valence-electron chi connectivity index (χ0n) is 15.0. The van der Waals surface area contributed by atoms with Crippen molar-refractivity contribution in [2.75, 3.05) is 34.0 Å². The number of aryl methyl sites for hydroxylation is 1. The molecular formula is C19H29NO4. The first kappa shape index (κ1) is 18.6. The van der Waals surface area contributed by atoms with E-state index in [1.165, 1.54) is 12.0 Å². The second-order valence-electron chi connectivity index (χ2n) is 6.10. The van der Waals surface area contributed by atoms with Crippen molar-refractivity contribution in [3.63, 3.8) is 0 Å². The minimum Gasteiger partial charge on any atom is -0.493 e. The van der Waals surface area contributed by atoms with Crippen molar-refractivity contribution < 1.29 is 19.0 Å². The fourth-order valence-electron chi connectivity index (χ4n) is 3.27. The van der Waals surface area contributed by atoms with Crippen LogP contribution in [0.3, 0.4) is 0 Å². The standard InChI is InChI=1S/C19H29NO4/c1-4-24-14-19(21)20-12-6-5-7-16(20)10-8-15-9-11-17(22-2)18(13-15)23-3/h9,11,13,16H,4-8,10,12,14H2,1-3H3. The lowest BCUT2D eigenvalue weighted by atomic mass is 9.95. The number of piperidine rings is 1. The third-order valence-electron chi connectivity index (χ3n) is 4.59. The van der Waals surface area contributed by atoms with Gasteiger partial charge in [0, 0.05) is 19.2 Å². The van der Waals surface area contributed by atoms with E-state index in [4.69, 9.17) is 14.2 Å². The van der Waals surface area contributed by atoms with Crippen molar-refractivity contribution in [1.82, 2.24) is 4.90 Å². The SMILES string of the molecule is CCOCC(=O)N1CCCCC1CCc1ccc(OC)c(OC)c1. The number of likely N-dealkylation sites (tertiary alicyclic amines) is 1. The summed E-state index contributed by atoms with van der Waals surface area (Å²) in [5.74, 6) is 1.62. The Morgan fingerprint density at radius 3 is 2.71 bits per heavy atom. The number of carbonyl (C=O) groups is 1. The molecule has 0 aliphatic carbocycles. The maximum Gasteiger partial charge on any atom is 0.248 e.